The zero-order valence-electron chi connectivity index (χ0n) is 11.3. The van der Waals surface area contributed by atoms with Gasteiger partial charge < -0.3 is 5.32 Å². The van der Waals surface area contributed by atoms with Gasteiger partial charge in [0.2, 0.25) is 0 Å². The minimum absolute atomic E-state index is 0.681. The van der Waals surface area contributed by atoms with Crippen LogP contribution in [-0.4, -0.2) is 32.0 Å². The van der Waals surface area contributed by atoms with Crippen LogP contribution in [0.25, 0.3) is 0 Å². The lowest BCUT2D eigenvalue weighted by molar-refractivity contribution is 0.585. The number of hydrogen-bond acceptors (Lipinski definition) is 3. The molecule has 0 radical (unpaired) electrons. The summed E-state index contributed by atoms with van der Waals surface area (Å²) in [5.41, 5.74) is 1.98. The third kappa shape index (κ3) is 4.07. The van der Waals surface area contributed by atoms with Crippen molar-refractivity contribution in [1.82, 2.24) is 15.1 Å². The highest BCUT2D eigenvalue weighted by atomic mass is 35.5. The molecule has 0 spiro atoms. The second-order valence-electron chi connectivity index (χ2n) is 3.99. The van der Waals surface area contributed by atoms with Gasteiger partial charge in [0, 0.05) is 41.9 Å². The van der Waals surface area contributed by atoms with Gasteiger partial charge in [0.1, 0.15) is 0 Å². The Kier molecular flexibility index (Phi) is 6.89. The number of hydrogen-bond donors (Lipinski definition) is 1. The molecule has 0 aliphatic carbocycles. The van der Waals surface area contributed by atoms with Crippen molar-refractivity contribution >= 4 is 22.4 Å². The molecule has 1 unspecified atom stereocenters. The van der Waals surface area contributed by atoms with Gasteiger partial charge in [-0.3, -0.25) is 8.89 Å². The molecule has 0 aliphatic rings. The quantitative estimate of drug-likeness (QED) is 0.745. The summed E-state index contributed by atoms with van der Waals surface area (Å²) in [7, 11) is -0.712. The fraction of sp³-hybridized carbons (Fsp3) is 0.750. The van der Waals surface area contributed by atoms with E-state index < -0.39 is 10.8 Å². The van der Waals surface area contributed by atoms with E-state index in [4.69, 9.17) is 11.6 Å². The molecule has 1 aromatic rings. The van der Waals surface area contributed by atoms with Gasteiger partial charge in [-0.05, 0) is 13.3 Å². The minimum atomic E-state index is -0.712. The number of halogens is 1. The maximum absolute atomic E-state index is 11.3. The molecule has 0 saturated heterocycles. The summed E-state index contributed by atoms with van der Waals surface area (Å²) in [5.74, 6) is 1.41. The average Bonchev–Trinajstić information content (AvgIpc) is 2.70. The first-order valence-electron chi connectivity index (χ1n) is 6.43. The number of nitrogens with one attached hydrogen (secondary N) is 1. The van der Waals surface area contributed by atoms with Gasteiger partial charge in [0.05, 0.1) is 16.4 Å². The number of aromatic nitrogens is 2. The van der Waals surface area contributed by atoms with Gasteiger partial charge >= 0.3 is 0 Å². The summed E-state index contributed by atoms with van der Waals surface area (Å²) in [4.78, 5) is 0. The molecule has 1 N–H and O–H groups in total. The van der Waals surface area contributed by atoms with E-state index in [0.29, 0.717) is 12.3 Å². The Morgan fingerprint density at radius 3 is 2.67 bits per heavy atom. The monoisotopic (exact) mass is 291 g/mol. The zero-order chi connectivity index (χ0) is 13.5. The molecule has 104 valence electrons. The van der Waals surface area contributed by atoms with Gasteiger partial charge in [0.15, 0.2) is 0 Å². The molecule has 0 bridgehead atoms. The van der Waals surface area contributed by atoms with Crippen molar-refractivity contribution in [2.45, 2.75) is 40.3 Å². The van der Waals surface area contributed by atoms with Gasteiger partial charge in [-0.25, -0.2) is 0 Å². The van der Waals surface area contributed by atoms with E-state index in [2.05, 4.69) is 24.3 Å². The highest BCUT2D eigenvalue weighted by Crippen LogP contribution is 2.21. The van der Waals surface area contributed by atoms with Gasteiger partial charge in [-0.15, -0.1) is 0 Å². The standard InChI is InChI=1S/C12H22ClN3OS/c1-4-10-12(13)11(16(5-2)15-10)9-14-7-8-18(17)6-3/h14H,4-9H2,1-3H3. The van der Waals surface area contributed by atoms with Crippen molar-refractivity contribution < 1.29 is 4.21 Å². The van der Waals surface area contributed by atoms with Crippen molar-refractivity contribution in [2.24, 2.45) is 0 Å². The van der Waals surface area contributed by atoms with E-state index in [-0.39, 0.29) is 0 Å². The summed E-state index contributed by atoms with van der Waals surface area (Å²) >= 11 is 6.29. The summed E-state index contributed by atoms with van der Waals surface area (Å²) in [6, 6.07) is 0. The lowest BCUT2D eigenvalue weighted by Gasteiger charge is -2.07. The maximum atomic E-state index is 11.3. The van der Waals surface area contributed by atoms with Crippen LogP contribution in [0, 0.1) is 0 Å². The average molecular weight is 292 g/mol. The van der Waals surface area contributed by atoms with Crippen molar-refractivity contribution in [3.8, 4) is 0 Å². The second kappa shape index (κ2) is 7.92. The van der Waals surface area contributed by atoms with Crippen LogP contribution in [-0.2, 0) is 30.3 Å². The number of aryl methyl sites for hydroxylation is 2. The Morgan fingerprint density at radius 1 is 1.39 bits per heavy atom. The molecule has 0 amide bonds. The first-order chi connectivity index (χ1) is 8.63. The molecule has 0 fully saturated rings. The van der Waals surface area contributed by atoms with E-state index >= 15 is 0 Å². The van der Waals surface area contributed by atoms with E-state index in [1.165, 1.54) is 0 Å². The smallest absolute Gasteiger partial charge is 0.0863 e. The molecular weight excluding hydrogens is 270 g/mol. The van der Waals surface area contributed by atoms with Crippen LogP contribution in [0.4, 0.5) is 0 Å². The molecule has 6 heteroatoms. The molecule has 0 aromatic carbocycles. The maximum Gasteiger partial charge on any atom is 0.0863 e. The topological polar surface area (TPSA) is 46.9 Å². The van der Waals surface area contributed by atoms with Crippen LogP contribution in [0.1, 0.15) is 32.2 Å². The normalized spacial score (nSPS) is 12.9. The lowest BCUT2D eigenvalue weighted by Crippen LogP contribution is -2.22. The Labute approximate surface area is 117 Å². The predicted octanol–water partition coefficient (Wildman–Crippen LogP) is 1.98. The summed E-state index contributed by atoms with van der Waals surface area (Å²) in [5, 5.41) is 8.51. The fourth-order valence-electron chi connectivity index (χ4n) is 1.72. The van der Waals surface area contributed by atoms with E-state index in [9.17, 15) is 4.21 Å². The molecular formula is C12H22ClN3OS. The summed E-state index contributed by atoms with van der Waals surface area (Å²) < 4.78 is 13.2. The molecule has 1 atom stereocenters. The summed E-state index contributed by atoms with van der Waals surface area (Å²) in [6.45, 7) is 8.28. The Morgan fingerprint density at radius 2 is 2.11 bits per heavy atom. The van der Waals surface area contributed by atoms with Crippen LogP contribution in [0.2, 0.25) is 5.02 Å². The van der Waals surface area contributed by atoms with E-state index in [1.807, 2.05) is 11.6 Å². The first kappa shape index (κ1) is 15.7. The van der Waals surface area contributed by atoms with Gasteiger partial charge in [0.25, 0.3) is 0 Å². The Balaban J connectivity index is 2.55. The predicted molar refractivity (Wildman–Crippen MR) is 77.5 cm³/mol. The third-order valence-electron chi connectivity index (χ3n) is 2.82. The SMILES string of the molecule is CCc1nn(CC)c(CNCCS(=O)CC)c1Cl. The van der Waals surface area contributed by atoms with Crippen molar-refractivity contribution in [2.75, 3.05) is 18.1 Å². The fourth-order valence-corrected chi connectivity index (χ4v) is 2.72. The van der Waals surface area contributed by atoms with Crippen LogP contribution in [0.5, 0.6) is 0 Å². The lowest BCUT2D eigenvalue weighted by atomic mass is 10.3. The molecule has 1 heterocycles. The van der Waals surface area contributed by atoms with Crippen LogP contribution in [0.3, 0.4) is 0 Å². The molecule has 0 aliphatic heterocycles. The van der Waals surface area contributed by atoms with Crippen molar-refractivity contribution in [3.63, 3.8) is 0 Å². The number of nitrogens with zero attached hydrogens (tertiary/aromatic N) is 2. The molecule has 4 nitrogen and oxygen atoms in total. The molecule has 18 heavy (non-hydrogen) atoms. The largest absolute Gasteiger partial charge is 0.310 e. The van der Waals surface area contributed by atoms with E-state index in [1.54, 1.807) is 0 Å². The van der Waals surface area contributed by atoms with E-state index in [0.717, 1.165) is 41.7 Å². The zero-order valence-corrected chi connectivity index (χ0v) is 12.9. The van der Waals surface area contributed by atoms with Gasteiger partial charge in [-0.1, -0.05) is 25.4 Å². The van der Waals surface area contributed by atoms with Crippen molar-refractivity contribution in [1.29, 1.82) is 0 Å². The Hall–Kier alpha value is -0.390. The highest BCUT2D eigenvalue weighted by Gasteiger charge is 2.13. The first-order valence-corrected chi connectivity index (χ1v) is 8.30. The van der Waals surface area contributed by atoms with Crippen LogP contribution >= 0.6 is 11.6 Å². The van der Waals surface area contributed by atoms with Crippen LogP contribution in [0.15, 0.2) is 0 Å². The van der Waals surface area contributed by atoms with Gasteiger partial charge in [-0.2, -0.15) is 5.10 Å². The highest BCUT2D eigenvalue weighted by molar-refractivity contribution is 7.84. The third-order valence-corrected chi connectivity index (χ3v) is 4.55. The molecule has 1 aromatic heterocycles. The van der Waals surface area contributed by atoms with Crippen molar-refractivity contribution in [3.05, 3.63) is 16.4 Å². The Bertz CT molecular complexity index is 406. The second-order valence-corrected chi connectivity index (χ2v) is 6.23. The molecule has 1 rings (SSSR count). The summed E-state index contributed by atoms with van der Waals surface area (Å²) in [6.07, 6.45) is 0.846. The molecule has 0 saturated carbocycles. The number of rotatable bonds is 8. The minimum Gasteiger partial charge on any atom is -0.310 e. The van der Waals surface area contributed by atoms with Crippen LogP contribution < -0.4 is 5.32 Å².